The van der Waals surface area contributed by atoms with Gasteiger partial charge in [-0.25, -0.2) is 14.8 Å². The lowest BCUT2D eigenvalue weighted by Gasteiger charge is -2.12. The fourth-order valence-electron chi connectivity index (χ4n) is 7.85. The van der Waals surface area contributed by atoms with E-state index >= 15 is 0 Å². The Kier molecular flexibility index (Phi) is 4.82. The molecule has 0 bridgehead atoms. The summed E-state index contributed by atoms with van der Waals surface area (Å²) in [6.07, 6.45) is 1.78. The van der Waals surface area contributed by atoms with Gasteiger partial charge in [-0.1, -0.05) is 84.9 Å². The maximum Gasteiger partial charge on any atom is 0.235 e. The van der Waals surface area contributed by atoms with Gasteiger partial charge in [0.05, 0.1) is 39.7 Å². The highest BCUT2D eigenvalue weighted by molar-refractivity contribution is 6.34. The first-order valence-electron chi connectivity index (χ1n) is 15.9. The van der Waals surface area contributed by atoms with Gasteiger partial charge in [0.25, 0.3) is 0 Å². The van der Waals surface area contributed by atoms with Crippen LogP contribution in [0.5, 0.6) is 0 Å². The summed E-state index contributed by atoms with van der Waals surface area (Å²) in [6, 6.07) is 44.4. The molecule has 6 heteroatoms. The number of fused-ring (bicyclic) bond motifs is 12. The molecule has 0 radical (unpaired) electrons. The molecule has 0 fully saturated rings. The molecule has 0 aliphatic carbocycles. The highest BCUT2D eigenvalue weighted by Crippen LogP contribution is 2.46. The lowest BCUT2D eigenvalue weighted by molar-refractivity contribution is 1.01. The number of hydrogen-bond donors (Lipinski definition) is 0. The monoisotopic (exact) mass is 610 g/mol. The van der Waals surface area contributed by atoms with E-state index in [1.54, 1.807) is 6.20 Å². The summed E-state index contributed by atoms with van der Waals surface area (Å²) >= 11 is 0. The molecular formula is C42H22N6. The number of benzene rings is 6. The number of rotatable bonds is 2. The molecule has 0 saturated heterocycles. The Labute approximate surface area is 272 Å². The first-order valence-corrected chi connectivity index (χ1v) is 15.9. The van der Waals surface area contributed by atoms with Gasteiger partial charge in [-0.2, -0.15) is 0 Å². The molecule has 5 heterocycles. The van der Waals surface area contributed by atoms with E-state index < -0.39 is 0 Å². The quantitative estimate of drug-likeness (QED) is 0.183. The van der Waals surface area contributed by atoms with Crippen molar-refractivity contribution in [1.82, 2.24) is 23.9 Å². The Bertz CT molecular complexity index is 3180. The van der Waals surface area contributed by atoms with Crippen molar-refractivity contribution in [3.63, 3.8) is 0 Å². The first kappa shape index (κ1) is 25.4. The second-order valence-corrected chi connectivity index (χ2v) is 12.4. The molecule has 0 aliphatic rings. The smallest absolute Gasteiger partial charge is 0.235 e. The van der Waals surface area contributed by atoms with Crippen LogP contribution in [-0.2, 0) is 0 Å². The Morgan fingerprint density at radius 1 is 0.562 bits per heavy atom. The number of nitrogens with zero attached hydrogens (tertiary/aromatic N) is 6. The molecule has 11 rings (SSSR count). The highest BCUT2D eigenvalue weighted by atomic mass is 15.2. The van der Waals surface area contributed by atoms with E-state index in [0.717, 1.165) is 49.5 Å². The molecular weight excluding hydrogens is 589 g/mol. The van der Waals surface area contributed by atoms with E-state index in [1.807, 2.05) is 36.4 Å². The van der Waals surface area contributed by atoms with Crippen LogP contribution < -0.4 is 0 Å². The van der Waals surface area contributed by atoms with Crippen molar-refractivity contribution < 1.29 is 0 Å². The van der Waals surface area contributed by atoms with Crippen molar-refractivity contribution in [3.8, 4) is 17.2 Å². The third kappa shape index (κ3) is 3.22. The van der Waals surface area contributed by atoms with E-state index in [-0.39, 0.29) is 0 Å². The maximum absolute atomic E-state index is 7.46. The summed E-state index contributed by atoms with van der Waals surface area (Å²) in [7, 11) is 0. The van der Waals surface area contributed by atoms with Crippen molar-refractivity contribution in [2.24, 2.45) is 0 Å². The zero-order valence-electron chi connectivity index (χ0n) is 25.4. The third-order valence-corrected chi connectivity index (χ3v) is 9.88. The molecule has 0 atom stereocenters. The van der Waals surface area contributed by atoms with E-state index in [4.69, 9.17) is 21.5 Å². The highest BCUT2D eigenvalue weighted by Gasteiger charge is 2.26. The van der Waals surface area contributed by atoms with Crippen LogP contribution in [0.15, 0.2) is 134 Å². The van der Waals surface area contributed by atoms with Crippen LogP contribution in [0.3, 0.4) is 0 Å². The first-order chi connectivity index (χ1) is 23.8. The molecule has 6 aromatic carbocycles. The minimum absolute atomic E-state index is 0.581. The zero-order chi connectivity index (χ0) is 31.5. The van der Waals surface area contributed by atoms with Crippen LogP contribution in [0.1, 0.15) is 0 Å². The Morgan fingerprint density at radius 2 is 1.27 bits per heavy atom. The molecule has 11 aromatic rings. The molecule has 220 valence electrons. The van der Waals surface area contributed by atoms with Gasteiger partial charge < -0.3 is 4.40 Å². The summed E-state index contributed by atoms with van der Waals surface area (Å²) in [4.78, 5) is 18.9. The molecule has 6 nitrogen and oxygen atoms in total. The molecule has 0 amide bonds. The van der Waals surface area contributed by atoms with E-state index in [2.05, 4.69) is 105 Å². The van der Waals surface area contributed by atoms with Crippen LogP contribution in [0.2, 0.25) is 0 Å². The molecule has 0 spiro atoms. The van der Waals surface area contributed by atoms with Crippen LogP contribution >= 0.6 is 0 Å². The summed E-state index contributed by atoms with van der Waals surface area (Å²) in [5, 5.41) is 9.52. The average Bonchev–Trinajstić information content (AvgIpc) is 3.78. The minimum atomic E-state index is 0.581. The molecule has 0 N–H and O–H groups in total. The van der Waals surface area contributed by atoms with Crippen molar-refractivity contribution in [3.05, 3.63) is 145 Å². The van der Waals surface area contributed by atoms with E-state index in [0.29, 0.717) is 11.6 Å². The summed E-state index contributed by atoms with van der Waals surface area (Å²) in [5.41, 5.74) is 9.40. The summed E-state index contributed by atoms with van der Waals surface area (Å²) < 4.78 is 4.68. The van der Waals surface area contributed by atoms with Gasteiger partial charge in [-0.3, -0.25) is 9.55 Å². The van der Waals surface area contributed by atoms with Crippen LogP contribution in [0.4, 0.5) is 5.69 Å². The van der Waals surface area contributed by atoms with Crippen LogP contribution in [0.25, 0.3) is 104 Å². The molecule has 48 heavy (non-hydrogen) atoms. The lowest BCUT2D eigenvalue weighted by Crippen LogP contribution is -2.04. The SMILES string of the molecule is [C-]#[N+]c1ccc(-c2nc(-n3c4cc5ccccc5cc4c4cc5c6ccccc6n6c7ccccc7c(c43)c56)nc3cccnc23)cc1. The topological polar surface area (TPSA) is 52.4 Å². The van der Waals surface area contributed by atoms with Gasteiger partial charge in [-0.15, -0.1) is 0 Å². The number of hydrogen-bond acceptors (Lipinski definition) is 3. The van der Waals surface area contributed by atoms with Gasteiger partial charge in [0.1, 0.15) is 11.2 Å². The Hall–Kier alpha value is -6.84. The number of aromatic nitrogens is 5. The van der Waals surface area contributed by atoms with Crippen LogP contribution in [-0.4, -0.2) is 23.9 Å². The predicted octanol–water partition coefficient (Wildman–Crippen LogP) is 10.6. The summed E-state index contributed by atoms with van der Waals surface area (Å²) in [6.45, 7) is 7.46. The summed E-state index contributed by atoms with van der Waals surface area (Å²) in [5.74, 6) is 0.581. The molecule has 0 aliphatic heterocycles. The number of pyridine rings is 1. The van der Waals surface area contributed by atoms with Gasteiger partial charge in [0.15, 0.2) is 5.69 Å². The van der Waals surface area contributed by atoms with Gasteiger partial charge in [-0.05, 0) is 53.2 Å². The standard InChI is InChI=1S/C42H22N6/c1-43-27-18-16-24(17-19-27)38-39-33(13-8-20-44-39)45-42(46-38)48-36-22-26-10-3-2-9-25(26)21-30(36)32-23-31-28-11-4-6-14-34(28)47-35-15-7-5-12-29(35)37(40(31)47)41(32)48/h2-23H. The van der Waals surface area contributed by atoms with Crippen LogP contribution in [0, 0.1) is 6.57 Å². The largest absolute Gasteiger partial charge is 0.308 e. The second kappa shape index (κ2) is 9.12. The zero-order valence-corrected chi connectivity index (χ0v) is 25.4. The Balaban J connectivity index is 1.39. The van der Waals surface area contributed by atoms with Gasteiger partial charge >= 0.3 is 0 Å². The van der Waals surface area contributed by atoms with E-state index in [9.17, 15) is 0 Å². The number of para-hydroxylation sites is 2. The molecule has 5 aromatic heterocycles. The molecule has 0 unspecified atom stereocenters. The predicted molar refractivity (Wildman–Crippen MR) is 196 cm³/mol. The second-order valence-electron chi connectivity index (χ2n) is 12.4. The fraction of sp³-hybridized carbons (Fsp3) is 0. The van der Waals surface area contributed by atoms with Crippen molar-refractivity contribution in [2.45, 2.75) is 0 Å². The minimum Gasteiger partial charge on any atom is -0.308 e. The van der Waals surface area contributed by atoms with Crippen molar-refractivity contribution >= 4 is 87.4 Å². The van der Waals surface area contributed by atoms with Gasteiger partial charge in [0.2, 0.25) is 5.95 Å². The normalized spacial score (nSPS) is 12.1. The fourth-order valence-corrected chi connectivity index (χ4v) is 7.85. The van der Waals surface area contributed by atoms with E-state index in [1.165, 1.54) is 43.5 Å². The van der Waals surface area contributed by atoms with Gasteiger partial charge in [0, 0.05) is 44.1 Å². The maximum atomic E-state index is 7.46. The third-order valence-electron chi connectivity index (χ3n) is 9.88. The molecule has 0 saturated carbocycles. The van der Waals surface area contributed by atoms with Crippen molar-refractivity contribution in [1.29, 1.82) is 0 Å². The Morgan fingerprint density at radius 3 is 2.08 bits per heavy atom. The lowest BCUT2D eigenvalue weighted by atomic mass is 10.0. The average molecular weight is 611 g/mol. The van der Waals surface area contributed by atoms with Crippen molar-refractivity contribution in [2.75, 3.05) is 0 Å².